The third-order valence-corrected chi connectivity index (χ3v) is 5.65. The van der Waals surface area contributed by atoms with Gasteiger partial charge in [-0.2, -0.15) is 0 Å². The van der Waals surface area contributed by atoms with Crippen LogP contribution in [0.15, 0.2) is 109 Å². The van der Waals surface area contributed by atoms with E-state index in [1.54, 1.807) is 36.2 Å². The molecule has 0 saturated carbocycles. The van der Waals surface area contributed by atoms with Crippen LogP contribution in [0.5, 0.6) is 11.5 Å². The van der Waals surface area contributed by atoms with Crippen LogP contribution in [0.25, 0.3) is 0 Å². The summed E-state index contributed by atoms with van der Waals surface area (Å²) >= 11 is 0. The smallest absolute Gasteiger partial charge is 0.253 e. The molecule has 4 rings (SSSR count). The molecule has 0 aliphatic rings. The van der Waals surface area contributed by atoms with Gasteiger partial charge in [-0.05, 0) is 48.0 Å². The summed E-state index contributed by atoms with van der Waals surface area (Å²) in [5, 5.41) is 5.95. The molecule has 0 aliphatic carbocycles. The summed E-state index contributed by atoms with van der Waals surface area (Å²) in [6.45, 7) is 1.39. The molecule has 0 aromatic heterocycles. The van der Waals surface area contributed by atoms with Gasteiger partial charge in [0.2, 0.25) is 5.91 Å². The number of carbonyl (C=O) groups excluding carboxylic acids is 2. The highest BCUT2D eigenvalue weighted by molar-refractivity contribution is 5.98. The van der Waals surface area contributed by atoms with Crippen molar-refractivity contribution in [2.45, 2.75) is 6.54 Å². The van der Waals surface area contributed by atoms with Crippen molar-refractivity contribution in [1.29, 1.82) is 0 Å². The SMILES string of the molecule is CN(Cc1ccccc1)C(=O)c1cccc(NC(=O)CNc2cccc(OCCOc3ccccc3)c2)c1. The number of para-hydroxylation sites is 1. The van der Waals surface area contributed by atoms with Crippen LogP contribution in [0.1, 0.15) is 15.9 Å². The fourth-order valence-corrected chi connectivity index (χ4v) is 3.80. The molecule has 0 unspecified atom stereocenters. The quantitative estimate of drug-likeness (QED) is 0.248. The zero-order chi connectivity index (χ0) is 26.6. The molecule has 2 amide bonds. The van der Waals surface area contributed by atoms with E-state index < -0.39 is 0 Å². The van der Waals surface area contributed by atoms with Crippen LogP contribution in [0, 0.1) is 0 Å². The summed E-state index contributed by atoms with van der Waals surface area (Å²) in [5.74, 6) is 1.13. The first-order valence-electron chi connectivity index (χ1n) is 12.4. The first-order valence-corrected chi connectivity index (χ1v) is 12.4. The molecule has 194 valence electrons. The van der Waals surface area contributed by atoms with E-state index in [0.29, 0.717) is 36.8 Å². The van der Waals surface area contributed by atoms with Gasteiger partial charge in [0.25, 0.3) is 5.91 Å². The minimum absolute atomic E-state index is 0.0622. The van der Waals surface area contributed by atoms with Gasteiger partial charge in [0.1, 0.15) is 24.7 Å². The highest BCUT2D eigenvalue weighted by Gasteiger charge is 2.13. The van der Waals surface area contributed by atoms with Gasteiger partial charge < -0.3 is 25.0 Å². The Morgan fingerprint density at radius 3 is 2.11 bits per heavy atom. The fourth-order valence-electron chi connectivity index (χ4n) is 3.80. The molecule has 0 bridgehead atoms. The lowest BCUT2D eigenvalue weighted by molar-refractivity contribution is -0.114. The van der Waals surface area contributed by atoms with E-state index in [9.17, 15) is 9.59 Å². The minimum Gasteiger partial charge on any atom is -0.490 e. The van der Waals surface area contributed by atoms with Crippen molar-refractivity contribution in [3.8, 4) is 11.5 Å². The lowest BCUT2D eigenvalue weighted by atomic mass is 10.1. The van der Waals surface area contributed by atoms with Crippen LogP contribution >= 0.6 is 0 Å². The fraction of sp³-hybridized carbons (Fsp3) is 0.161. The maximum Gasteiger partial charge on any atom is 0.253 e. The third-order valence-electron chi connectivity index (χ3n) is 5.65. The summed E-state index contributed by atoms with van der Waals surface area (Å²) in [4.78, 5) is 27.1. The second-order valence-electron chi connectivity index (χ2n) is 8.67. The normalized spacial score (nSPS) is 10.3. The first-order chi connectivity index (χ1) is 18.6. The molecule has 0 spiro atoms. The van der Waals surface area contributed by atoms with Crippen LogP contribution in [0.2, 0.25) is 0 Å². The number of rotatable bonds is 12. The number of carbonyl (C=O) groups is 2. The maximum absolute atomic E-state index is 12.9. The Balaban J connectivity index is 1.23. The van der Waals surface area contributed by atoms with Crippen molar-refractivity contribution < 1.29 is 19.1 Å². The Bertz CT molecular complexity index is 1330. The molecule has 7 nitrogen and oxygen atoms in total. The van der Waals surface area contributed by atoms with Crippen molar-refractivity contribution in [1.82, 2.24) is 4.90 Å². The second kappa shape index (κ2) is 13.5. The summed E-state index contributed by atoms with van der Waals surface area (Å²) in [5.41, 5.74) is 2.88. The molecular formula is C31H31N3O4. The highest BCUT2D eigenvalue weighted by Crippen LogP contribution is 2.18. The summed E-state index contributed by atoms with van der Waals surface area (Å²) in [7, 11) is 1.76. The molecule has 0 saturated heterocycles. The monoisotopic (exact) mass is 509 g/mol. The summed E-state index contributed by atoms with van der Waals surface area (Å²) in [6, 6.07) is 33.7. The predicted molar refractivity (Wildman–Crippen MR) is 150 cm³/mol. The van der Waals surface area contributed by atoms with Gasteiger partial charge in [-0.1, -0.05) is 60.7 Å². The zero-order valence-corrected chi connectivity index (χ0v) is 21.3. The number of anilines is 2. The largest absolute Gasteiger partial charge is 0.490 e. The number of nitrogens with zero attached hydrogens (tertiary/aromatic N) is 1. The van der Waals surface area contributed by atoms with Gasteiger partial charge >= 0.3 is 0 Å². The average Bonchev–Trinajstić information content (AvgIpc) is 2.95. The lowest BCUT2D eigenvalue weighted by Gasteiger charge is -2.18. The van der Waals surface area contributed by atoms with Crippen LogP contribution in [-0.4, -0.2) is 43.5 Å². The molecule has 4 aromatic carbocycles. The van der Waals surface area contributed by atoms with E-state index in [0.717, 1.165) is 17.0 Å². The predicted octanol–water partition coefficient (Wildman–Crippen LogP) is 5.47. The summed E-state index contributed by atoms with van der Waals surface area (Å²) < 4.78 is 11.4. The third kappa shape index (κ3) is 8.13. The Morgan fingerprint density at radius 2 is 1.34 bits per heavy atom. The van der Waals surface area contributed by atoms with E-state index in [4.69, 9.17) is 9.47 Å². The van der Waals surface area contributed by atoms with Crippen molar-refractivity contribution in [3.63, 3.8) is 0 Å². The van der Waals surface area contributed by atoms with E-state index in [1.807, 2.05) is 84.9 Å². The summed E-state index contributed by atoms with van der Waals surface area (Å²) in [6.07, 6.45) is 0. The molecule has 38 heavy (non-hydrogen) atoms. The minimum atomic E-state index is -0.227. The standard InChI is InChI=1S/C31H31N3O4/c1-34(23-24-10-4-2-5-11-24)31(36)25-12-8-14-27(20-25)33-30(35)22-32-26-13-9-17-29(21-26)38-19-18-37-28-15-6-3-7-16-28/h2-17,20-21,32H,18-19,22-23H2,1H3,(H,33,35). The molecule has 0 heterocycles. The molecule has 0 aliphatic heterocycles. The number of nitrogens with one attached hydrogen (secondary N) is 2. The van der Waals surface area contributed by atoms with Crippen molar-refractivity contribution in [3.05, 3.63) is 120 Å². The van der Waals surface area contributed by atoms with Crippen LogP contribution < -0.4 is 20.1 Å². The highest BCUT2D eigenvalue weighted by atomic mass is 16.5. The van der Waals surface area contributed by atoms with Crippen LogP contribution in [-0.2, 0) is 11.3 Å². The number of amides is 2. The number of hydrogen-bond donors (Lipinski definition) is 2. The molecule has 4 aromatic rings. The molecule has 0 fully saturated rings. The number of hydrogen-bond acceptors (Lipinski definition) is 5. The number of benzene rings is 4. The van der Waals surface area contributed by atoms with Crippen molar-refractivity contribution in [2.75, 3.05) is 37.4 Å². The molecular weight excluding hydrogens is 478 g/mol. The Morgan fingerprint density at radius 1 is 0.711 bits per heavy atom. The average molecular weight is 510 g/mol. The Hall–Kier alpha value is -4.78. The maximum atomic E-state index is 12.9. The van der Waals surface area contributed by atoms with Crippen molar-refractivity contribution in [2.24, 2.45) is 0 Å². The van der Waals surface area contributed by atoms with E-state index in [2.05, 4.69) is 10.6 Å². The first kappa shape index (κ1) is 26.3. The lowest BCUT2D eigenvalue weighted by Crippen LogP contribution is -2.26. The van der Waals surface area contributed by atoms with Gasteiger partial charge in [-0.3, -0.25) is 9.59 Å². The van der Waals surface area contributed by atoms with Gasteiger partial charge in [-0.25, -0.2) is 0 Å². The molecule has 0 radical (unpaired) electrons. The van der Waals surface area contributed by atoms with E-state index in [-0.39, 0.29) is 18.4 Å². The van der Waals surface area contributed by atoms with E-state index >= 15 is 0 Å². The van der Waals surface area contributed by atoms with Gasteiger partial charge in [0, 0.05) is 36.6 Å². The molecule has 0 atom stereocenters. The Kier molecular flexibility index (Phi) is 9.34. The van der Waals surface area contributed by atoms with Crippen LogP contribution in [0.4, 0.5) is 11.4 Å². The Labute approximate surface area is 223 Å². The van der Waals surface area contributed by atoms with Crippen LogP contribution in [0.3, 0.4) is 0 Å². The second-order valence-corrected chi connectivity index (χ2v) is 8.67. The number of ether oxygens (including phenoxy) is 2. The molecule has 2 N–H and O–H groups in total. The van der Waals surface area contributed by atoms with Gasteiger partial charge in [0.05, 0.1) is 6.54 Å². The zero-order valence-electron chi connectivity index (χ0n) is 21.3. The topological polar surface area (TPSA) is 79.9 Å². The van der Waals surface area contributed by atoms with Crippen molar-refractivity contribution >= 4 is 23.2 Å². The van der Waals surface area contributed by atoms with E-state index in [1.165, 1.54) is 0 Å². The van der Waals surface area contributed by atoms with Gasteiger partial charge in [-0.15, -0.1) is 0 Å². The van der Waals surface area contributed by atoms with Gasteiger partial charge in [0.15, 0.2) is 0 Å². The molecule has 7 heteroatoms.